The average molecular weight is 561 g/mol. The Hall–Kier alpha value is -3.67. The standard InChI is InChI=1S/C25H33N6O7P/c1-15(2)37-24(32)16(3)30-39(33,38-20-8-6-7-19(12-20)34-4)36-13-17-9-10-18(11-17)31-14-27-21-22(31)28-25(26)29-23(21)35-5/h6-10,12,14-18H,11,13H2,1-5H3,(H,30,33)(H2,26,28,29)/t16-,17+,18-,39?/m0/s1. The molecule has 1 aliphatic rings. The fraction of sp³-hybridized carbons (Fsp3) is 0.440. The van der Waals surface area contributed by atoms with Crippen LogP contribution in [0.15, 0.2) is 42.7 Å². The first-order valence-electron chi connectivity index (χ1n) is 12.4. The average Bonchev–Trinajstić information content (AvgIpc) is 3.53. The first kappa shape index (κ1) is 28.3. The normalized spacial score (nSPS) is 19.1. The second-order valence-electron chi connectivity index (χ2n) is 9.26. The van der Waals surface area contributed by atoms with Crippen LogP contribution in [0.2, 0.25) is 0 Å². The monoisotopic (exact) mass is 560 g/mol. The summed E-state index contributed by atoms with van der Waals surface area (Å²) in [6.45, 7) is 5.06. The number of carbonyl (C=O) groups is 1. The number of nitrogens with one attached hydrogen (secondary N) is 1. The summed E-state index contributed by atoms with van der Waals surface area (Å²) in [4.78, 5) is 25.2. The summed E-state index contributed by atoms with van der Waals surface area (Å²) < 4.78 is 43.1. The number of anilines is 1. The highest BCUT2D eigenvalue weighted by Crippen LogP contribution is 2.47. The van der Waals surface area contributed by atoms with Gasteiger partial charge in [-0.1, -0.05) is 18.2 Å². The molecule has 2 heterocycles. The molecule has 0 aliphatic heterocycles. The van der Waals surface area contributed by atoms with Gasteiger partial charge in [0.05, 0.1) is 39.3 Å². The van der Waals surface area contributed by atoms with Gasteiger partial charge < -0.3 is 29.0 Å². The summed E-state index contributed by atoms with van der Waals surface area (Å²) in [5.74, 6) is 0.454. The SMILES string of the molecule is COc1cccc(OP(=O)(N[C@@H](C)C(=O)OC(C)C)OC[C@@H]2C=C[C@H](n3cnc4c(OC)nc(N)nc43)C2)c1. The lowest BCUT2D eigenvalue weighted by atomic mass is 10.1. The molecule has 0 spiro atoms. The zero-order chi connectivity index (χ0) is 28.2. The molecule has 210 valence electrons. The molecule has 0 radical (unpaired) electrons. The quantitative estimate of drug-likeness (QED) is 0.188. The van der Waals surface area contributed by atoms with Crippen molar-refractivity contribution < 1.29 is 32.6 Å². The van der Waals surface area contributed by atoms with Gasteiger partial charge in [0.1, 0.15) is 17.5 Å². The number of nitrogens with two attached hydrogens (primary N) is 1. The smallest absolute Gasteiger partial charge is 0.459 e. The third-order valence-electron chi connectivity index (χ3n) is 5.89. The molecule has 0 amide bonds. The summed E-state index contributed by atoms with van der Waals surface area (Å²) in [7, 11) is -1.02. The maximum absolute atomic E-state index is 13.8. The number of carbonyl (C=O) groups excluding carboxylic acids is 1. The number of hydrogen-bond donors (Lipinski definition) is 2. The number of esters is 1. The van der Waals surface area contributed by atoms with E-state index in [0.29, 0.717) is 29.2 Å². The number of nitrogens with zero attached hydrogens (tertiary/aromatic N) is 4. The van der Waals surface area contributed by atoms with E-state index in [2.05, 4.69) is 20.0 Å². The van der Waals surface area contributed by atoms with Crippen LogP contribution in [-0.4, -0.2) is 58.5 Å². The van der Waals surface area contributed by atoms with Crippen LogP contribution in [0.4, 0.5) is 5.95 Å². The Kier molecular flexibility index (Phi) is 8.73. The van der Waals surface area contributed by atoms with Crippen LogP contribution in [0.5, 0.6) is 17.4 Å². The van der Waals surface area contributed by atoms with Crippen molar-refractivity contribution in [2.24, 2.45) is 5.92 Å². The summed E-state index contributed by atoms with van der Waals surface area (Å²) in [6, 6.07) is 5.56. The Labute approximate surface area is 226 Å². The number of imidazole rings is 1. The van der Waals surface area contributed by atoms with Gasteiger partial charge in [-0.05, 0) is 39.3 Å². The van der Waals surface area contributed by atoms with Crippen LogP contribution >= 0.6 is 7.75 Å². The van der Waals surface area contributed by atoms with Gasteiger partial charge in [0, 0.05) is 12.0 Å². The third kappa shape index (κ3) is 6.86. The van der Waals surface area contributed by atoms with E-state index in [0.717, 1.165) is 0 Å². The number of rotatable bonds is 12. The molecule has 0 bridgehead atoms. The summed E-state index contributed by atoms with van der Waals surface area (Å²) in [5, 5.41) is 2.70. The third-order valence-corrected chi connectivity index (χ3v) is 7.53. The number of benzene rings is 1. The molecule has 4 atom stereocenters. The van der Waals surface area contributed by atoms with E-state index >= 15 is 0 Å². The Morgan fingerprint density at radius 3 is 2.67 bits per heavy atom. The van der Waals surface area contributed by atoms with E-state index in [9.17, 15) is 9.36 Å². The zero-order valence-electron chi connectivity index (χ0n) is 22.4. The molecule has 4 rings (SSSR count). The van der Waals surface area contributed by atoms with Crippen LogP contribution in [0.3, 0.4) is 0 Å². The molecule has 0 saturated heterocycles. The summed E-state index contributed by atoms with van der Waals surface area (Å²) in [5.41, 5.74) is 6.89. The van der Waals surface area contributed by atoms with Crippen LogP contribution in [0.1, 0.15) is 33.2 Å². The molecule has 14 heteroatoms. The van der Waals surface area contributed by atoms with Gasteiger partial charge >= 0.3 is 13.7 Å². The molecule has 1 aromatic carbocycles. The summed E-state index contributed by atoms with van der Waals surface area (Å²) in [6.07, 6.45) is 5.89. The Morgan fingerprint density at radius 1 is 1.18 bits per heavy atom. The van der Waals surface area contributed by atoms with Crippen LogP contribution in [-0.2, 0) is 18.6 Å². The molecule has 3 N–H and O–H groups in total. The molecule has 1 aliphatic carbocycles. The molecular formula is C25H33N6O7P. The molecule has 3 aromatic rings. The maximum Gasteiger partial charge on any atom is 0.459 e. The number of fused-ring (bicyclic) bond motifs is 1. The first-order valence-corrected chi connectivity index (χ1v) is 13.9. The fourth-order valence-corrected chi connectivity index (χ4v) is 5.62. The van der Waals surface area contributed by atoms with Gasteiger partial charge in [-0.3, -0.25) is 9.32 Å². The van der Waals surface area contributed by atoms with Gasteiger partial charge in [-0.2, -0.15) is 15.1 Å². The zero-order valence-corrected chi connectivity index (χ0v) is 23.3. The Bertz CT molecular complexity index is 1390. The maximum atomic E-state index is 13.8. The largest absolute Gasteiger partial charge is 0.497 e. The lowest BCUT2D eigenvalue weighted by molar-refractivity contribution is -0.149. The van der Waals surface area contributed by atoms with E-state index in [1.807, 2.05) is 16.7 Å². The highest BCUT2D eigenvalue weighted by Gasteiger charge is 2.34. The Balaban J connectivity index is 1.48. The second kappa shape index (κ2) is 12.0. The molecule has 0 saturated carbocycles. The van der Waals surface area contributed by atoms with E-state index < -0.39 is 19.8 Å². The van der Waals surface area contributed by atoms with Gasteiger partial charge in [0.25, 0.3) is 0 Å². The molecular weight excluding hydrogens is 527 g/mol. The van der Waals surface area contributed by atoms with Crippen molar-refractivity contribution >= 4 is 30.8 Å². The fourth-order valence-electron chi connectivity index (χ4n) is 4.08. The van der Waals surface area contributed by atoms with Gasteiger partial charge in [0.15, 0.2) is 11.2 Å². The van der Waals surface area contributed by atoms with Gasteiger partial charge in [0.2, 0.25) is 11.8 Å². The van der Waals surface area contributed by atoms with Crippen molar-refractivity contribution in [1.82, 2.24) is 24.6 Å². The van der Waals surface area contributed by atoms with Crippen molar-refractivity contribution in [3.63, 3.8) is 0 Å². The molecule has 39 heavy (non-hydrogen) atoms. The number of aromatic nitrogens is 4. The molecule has 1 unspecified atom stereocenters. The van der Waals surface area contributed by atoms with E-state index in [-0.39, 0.29) is 36.4 Å². The highest BCUT2D eigenvalue weighted by atomic mass is 31.2. The molecule has 0 fully saturated rings. The van der Waals surface area contributed by atoms with Crippen LogP contribution < -0.4 is 24.8 Å². The van der Waals surface area contributed by atoms with Gasteiger partial charge in [-0.25, -0.2) is 9.55 Å². The van der Waals surface area contributed by atoms with Crippen LogP contribution in [0, 0.1) is 5.92 Å². The van der Waals surface area contributed by atoms with Crippen molar-refractivity contribution in [2.45, 2.75) is 45.4 Å². The molecule has 13 nitrogen and oxygen atoms in total. The van der Waals surface area contributed by atoms with Crippen molar-refractivity contribution in [1.29, 1.82) is 0 Å². The number of ether oxygens (including phenoxy) is 3. The second-order valence-corrected chi connectivity index (χ2v) is 11.0. The van der Waals surface area contributed by atoms with E-state index in [1.54, 1.807) is 44.4 Å². The minimum Gasteiger partial charge on any atom is -0.497 e. The van der Waals surface area contributed by atoms with Crippen molar-refractivity contribution in [3.05, 3.63) is 42.7 Å². The lowest BCUT2D eigenvalue weighted by Crippen LogP contribution is -2.36. The minimum atomic E-state index is -4.03. The number of allylic oxidation sites excluding steroid dienone is 1. The van der Waals surface area contributed by atoms with E-state index in [1.165, 1.54) is 21.1 Å². The van der Waals surface area contributed by atoms with Gasteiger partial charge in [-0.15, -0.1) is 0 Å². The lowest BCUT2D eigenvalue weighted by Gasteiger charge is -2.24. The summed E-state index contributed by atoms with van der Waals surface area (Å²) >= 11 is 0. The number of hydrogen-bond acceptors (Lipinski definition) is 11. The van der Waals surface area contributed by atoms with E-state index in [4.69, 9.17) is 29.0 Å². The predicted octanol–water partition coefficient (Wildman–Crippen LogP) is 3.68. The highest BCUT2D eigenvalue weighted by molar-refractivity contribution is 7.52. The Morgan fingerprint density at radius 2 is 1.95 bits per heavy atom. The number of nitrogen functional groups attached to an aromatic ring is 1. The topological polar surface area (TPSA) is 162 Å². The molecule has 2 aromatic heterocycles. The first-order chi connectivity index (χ1) is 18.6. The predicted molar refractivity (Wildman–Crippen MR) is 144 cm³/mol. The van der Waals surface area contributed by atoms with Crippen molar-refractivity contribution in [2.75, 3.05) is 26.6 Å². The van der Waals surface area contributed by atoms with Crippen LogP contribution in [0.25, 0.3) is 11.2 Å². The number of methoxy groups -OCH3 is 2. The van der Waals surface area contributed by atoms with Crippen molar-refractivity contribution in [3.8, 4) is 17.4 Å². The minimum absolute atomic E-state index is 0.0558.